The normalized spacial score (nSPS) is 11.1. The Morgan fingerprint density at radius 1 is 0.903 bits per heavy atom. The molecule has 6 nitrogen and oxygen atoms in total. The average molecular weight is 409 g/mol. The van der Waals surface area contributed by atoms with E-state index < -0.39 is 0 Å². The van der Waals surface area contributed by atoms with Gasteiger partial charge in [0.05, 0.1) is 29.2 Å². The number of ether oxygens (including phenoxy) is 1. The minimum absolute atomic E-state index is 0.107. The van der Waals surface area contributed by atoms with Gasteiger partial charge in [-0.1, -0.05) is 54.6 Å². The molecule has 6 heteroatoms. The fourth-order valence-corrected chi connectivity index (χ4v) is 3.73. The van der Waals surface area contributed by atoms with Crippen LogP contribution in [-0.4, -0.2) is 19.7 Å². The van der Waals surface area contributed by atoms with Crippen molar-refractivity contribution in [1.82, 2.24) is 14.0 Å². The van der Waals surface area contributed by atoms with Crippen LogP contribution in [0, 0.1) is 0 Å². The minimum atomic E-state index is -0.223. The fourth-order valence-electron chi connectivity index (χ4n) is 3.73. The summed E-state index contributed by atoms with van der Waals surface area (Å²) in [7, 11) is 0. The van der Waals surface area contributed by atoms with Crippen molar-refractivity contribution in [2.45, 2.75) is 13.2 Å². The highest BCUT2D eigenvalue weighted by Gasteiger charge is 2.17. The maximum atomic E-state index is 13.2. The van der Waals surface area contributed by atoms with Gasteiger partial charge in [0.1, 0.15) is 24.3 Å². The summed E-state index contributed by atoms with van der Waals surface area (Å²) >= 11 is 0. The number of hydrogen-bond acceptors (Lipinski definition) is 4. The van der Waals surface area contributed by atoms with E-state index in [2.05, 4.69) is 4.98 Å². The highest BCUT2D eigenvalue weighted by Crippen LogP contribution is 2.21. The summed E-state index contributed by atoms with van der Waals surface area (Å²) in [4.78, 5) is 30.6. The lowest BCUT2D eigenvalue weighted by Crippen LogP contribution is -2.26. The van der Waals surface area contributed by atoms with E-state index in [0.29, 0.717) is 29.0 Å². The van der Waals surface area contributed by atoms with Crippen LogP contribution in [0.15, 0.2) is 96.2 Å². The molecule has 0 bridgehead atoms. The first-order valence-electron chi connectivity index (χ1n) is 9.95. The van der Waals surface area contributed by atoms with E-state index in [4.69, 9.17) is 4.74 Å². The zero-order valence-corrected chi connectivity index (χ0v) is 16.6. The SMILES string of the molecule is O=C(Cn1c(=O)c2ccccc2n2cncc12)c1ccccc1OCc1ccccc1. The number of para-hydroxylation sites is 2. The predicted molar refractivity (Wildman–Crippen MR) is 119 cm³/mol. The lowest BCUT2D eigenvalue weighted by Gasteiger charge is -2.13. The van der Waals surface area contributed by atoms with Gasteiger partial charge < -0.3 is 4.74 Å². The largest absolute Gasteiger partial charge is 0.488 e. The summed E-state index contributed by atoms with van der Waals surface area (Å²) in [5, 5.41) is 0.536. The monoisotopic (exact) mass is 409 g/mol. The predicted octanol–water partition coefficient (Wildman–Crippen LogP) is 4.11. The van der Waals surface area contributed by atoms with E-state index in [1.165, 1.54) is 4.57 Å². The molecule has 2 heterocycles. The Labute approximate surface area is 178 Å². The Morgan fingerprint density at radius 2 is 1.65 bits per heavy atom. The number of benzene rings is 3. The molecule has 0 fully saturated rings. The molecule has 0 aliphatic carbocycles. The van der Waals surface area contributed by atoms with Crippen molar-refractivity contribution in [3.8, 4) is 5.75 Å². The van der Waals surface area contributed by atoms with Crippen molar-refractivity contribution >= 4 is 22.3 Å². The van der Waals surface area contributed by atoms with Gasteiger partial charge in [0, 0.05) is 0 Å². The summed E-state index contributed by atoms with van der Waals surface area (Å²) in [6, 6.07) is 24.2. The summed E-state index contributed by atoms with van der Waals surface area (Å²) in [6.07, 6.45) is 3.24. The number of Topliss-reactive ketones (excluding diaryl/α,β-unsaturated/α-hetero) is 1. The molecule has 3 aromatic carbocycles. The zero-order chi connectivity index (χ0) is 21.2. The van der Waals surface area contributed by atoms with Crippen molar-refractivity contribution in [1.29, 1.82) is 0 Å². The standard InChI is InChI=1S/C25H19N3O3/c29-22(20-11-5-7-13-23(20)31-16-18-8-2-1-3-9-18)15-27-24-14-26-17-28(24)21-12-6-4-10-19(21)25(27)30/h1-14,17H,15-16H2. The zero-order valence-electron chi connectivity index (χ0n) is 16.6. The number of ketones is 1. The van der Waals surface area contributed by atoms with Gasteiger partial charge in [-0.3, -0.25) is 18.6 Å². The molecule has 31 heavy (non-hydrogen) atoms. The summed E-state index contributed by atoms with van der Waals surface area (Å²) < 4.78 is 9.21. The topological polar surface area (TPSA) is 65.6 Å². The number of fused-ring (bicyclic) bond motifs is 3. The second-order valence-corrected chi connectivity index (χ2v) is 7.22. The Hall–Kier alpha value is -4.19. The van der Waals surface area contributed by atoms with Crippen LogP contribution in [0.25, 0.3) is 16.6 Å². The Balaban J connectivity index is 1.50. The third kappa shape index (κ3) is 3.48. The number of nitrogens with zero attached hydrogens (tertiary/aromatic N) is 3. The number of hydrogen-bond donors (Lipinski definition) is 0. The lowest BCUT2D eigenvalue weighted by molar-refractivity contribution is 0.0967. The van der Waals surface area contributed by atoms with Gasteiger partial charge >= 0.3 is 0 Å². The van der Waals surface area contributed by atoms with E-state index in [1.807, 2.05) is 59.0 Å². The van der Waals surface area contributed by atoms with Gasteiger partial charge in [0.25, 0.3) is 5.56 Å². The van der Waals surface area contributed by atoms with Gasteiger partial charge in [-0.15, -0.1) is 0 Å². The van der Waals surface area contributed by atoms with Crippen LogP contribution in [0.2, 0.25) is 0 Å². The van der Waals surface area contributed by atoms with Gasteiger partial charge in [-0.25, -0.2) is 4.98 Å². The fraction of sp³-hybridized carbons (Fsp3) is 0.0800. The smallest absolute Gasteiger partial charge is 0.262 e. The summed E-state index contributed by atoms with van der Waals surface area (Å²) in [6.45, 7) is 0.249. The number of imidazole rings is 1. The molecule has 5 rings (SSSR count). The number of carbonyl (C=O) groups is 1. The average Bonchev–Trinajstić information content (AvgIpc) is 3.31. The quantitative estimate of drug-likeness (QED) is 0.396. The molecule has 0 spiro atoms. The molecule has 0 N–H and O–H groups in total. The van der Waals surface area contributed by atoms with Crippen LogP contribution in [0.3, 0.4) is 0 Å². The van der Waals surface area contributed by atoms with Crippen LogP contribution in [-0.2, 0) is 13.2 Å². The molecule has 2 aromatic heterocycles. The second-order valence-electron chi connectivity index (χ2n) is 7.22. The van der Waals surface area contributed by atoms with E-state index in [0.717, 1.165) is 11.1 Å². The number of carbonyl (C=O) groups excluding carboxylic acids is 1. The number of rotatable bonds is 6. The van der Waals surface area contributed by atoms with E-state index in [9.17, 15) is 9.59 Å². The van der Waals surface area contributed by atoms with Gasteiger partial charge in [-0.05, 0) is 29.8 Å². The molecule has 0 saturated carbocycles. The highest BCUT2D eigenvalue weighted by molar-refractivity contribution is 5.99. The van der Waals surface area contributed by atoms with Crippen LogP contribution >= 0.6 is 0 Å². The van der Waals surface area contributed by atoms with E-state index >= 15 is 0 Å². The van der Waals surface area contributed by atoms with E-state index in [-0.39, 0.29) is 17.9 Å². The van der Waals surface area contributed by atoms with Crippen molar-refractivity contribution < 1.29 is 9.53 Å². The second kappa shape index (κ2) is 7.91. The van der Waals surface area contributed by atoms with Crippen molar-refractivity contribution in [3.63, 3.8) is 0 Å². The Bertz CT molecular complexity index is 1450. The van der Waals surface area contributed by atoms with Crippen molar-refractivity contribution in [2.75, 3.05) is 0 Å². The van der Waals surface area contributed by atoms with Crippen molar-refractivity contribution in [2.24, 2.45) is 0 Å². The molecule has 0 atom stereocenters. The van der Waals surface area contributed by atoms with Crippen LogP contribution in [0.4, 0.5) is 0 Å². The van der Waals surface area contributed by atoms with Crippen LogP contribution < -0.4 is 10.3 Å². The maximum absolute atomic E-state index is 13.2. The van der Waals surface area contributed by atoms with Crippen LogP contribution in [0.1, 0.15) is 15.9 Å². The third-order valence-corrected chi connectivity index (χ3v) is 5.26. The molecular weight excluding hydrogens is 390 g/mol. The van der Waals surface area contributed by atoms with E-state index in [1.54, 1.807) is 36.8 Å². The van der Waals surface area contributed by atoms with Crippen molar-refractivity contribution in [3.05, 3.63) is 113 Å². The summed E-state index contributed by atoms with van der Waals surface area (Å²) in [5.74, 6) is 0.291. The minimum Gasteiger partial charge on any atom is -0.488 e. The molecular formula is C25H19N3O3. The molecule has 0 amide bonds. The maximum Gasteiger partial charge on any atom is 0.262 e. The first-order valence-corrected chi connectivity index (χ1v) is 9.95. The third-order valence-electron chi connectivity index (χ3n) is 5.26. The molecule has 0 aliphatic rings. The lowest BCUT2D eigenvalue weighted by atomic mass is 10.1. The highest BCUT2D eigenvalue weighted by atomic mass is 16.5. The van der Waals surface area contributed by atoms with Gasteiger partial charge in [0.15, 0.2) is 5.78 Å². The van der Waals surface area contributed by atoms with Gasteiger partial charge in [-0.2, -0.15) is 0 Å². The Morgan fingerprint density at radius 3 is 2.52 bits per heavy atom. The summed E-state index contributed by atoms with van der Waals surface area (Å²) in [5.41, 5.74) is 2.56. The molecule has 0 aliphatic heterocycles. The van der Waals surface area contributed by atoms with Gasteiger partial charge in [0.2, 0.25) is 0 Å². The first-order chi connectivity index (χ1) is 15.2. The molecule has 0 radical (unpaired) electrons. The number of aromatic nitrogens is 3. The first kappa shape index (κ1) is 18.8. The van der Waals surface area contributed by atoms with Crippen LogP contribution in [0.5, 0.6) is 5.75 Å². The molecule has 5 aromatic rings. The molecule has 0 unspecified atom stereocenters. The molecule has 152 valence electrons. The molecule has 0 saturated heterocycles. The Kier molecular flexibility index (Phi) is 4.80.